The Balaban J connectivity index is 1.95. The van der Waals surface area contributed by atoms with Gasteiger partial charge in [-0.05, 0) is 32.0 Å². The van der Waals surface area contributed by atoms with Crippen LogP contribution in [0.3, 0.4) is 0 Å². The van der Waals surface area contributed by atoms with Crippen molar-refractivity contribution in [2.24, 2.45) is 0 Å². The summed E-state index contributed by atoms with van der Waals surface area (Å²) in [6.07, 6.45) is 0. The topological polar surface area (TPSA) is 45.7 Å². The molecule has 0 saturated heterocycles. The van der Waals surface area contributed by atoms with Crippen molar-refractivity contribution in [1.82, 2.24) is 0 Å². The molecule has 0 bridgehead atoms. The maximum Gasteiger partial charge on any atom is 0.282 e. The standard InChI is InChI=1S/C17H18ClFN2O/c1-11(13-6-4-3-5-7-13)20-12(2)17(22)21-14-8-9-16(19)15(18)10-14/h3-12,20H,1-2H3,(H,21,22)/p+1/t11-,12-/m1/s1. The number of hydrogen-bond acceptors (Lipinski definition) is 1. The number of quaternary nitrogens is 1. The largest absolute Gasteiger partial charge is 0.330 e. The third-order valence-electron chi connectivity index (χ3n) is 3.50. The lowest BCUT2D eigenvalue weighted by atomic mass is 10.1. The second-order valence-corrected chi connectivity index (χ2v) is 5.71. The van der Waals surface area contributed by atoms with E-state index < -0.39 is 5.82 Å². The zero-order chi connectivity index (χ0) is 16.1. The van der Waals surface area contributed by atoms with E-state index in [-0.39, 0.29) is 23.0 Å². The first-order valence-corrected chi connectivity index (χ1v) is 7.51. The van der Waals surface area contributed by atoms with Gasteiger partial charge in [-0.2, -0.15) is 0 Å². The molecule has 5 heteroatoms. The van der Waals surface area contributed by atoms with Crippen molar-refractivity contribution in [2.75, 3.05) is 5.32 Å². The van der Waals surface area contributed by atoms with Crippen LogP contribution in [0.25, 0.3) is 0 Å². The summed E-state index contributed by atoms with van der Waals surface area (Å²) in [5, 5.41) is 4.72. The minimum Gasteiger partial charge on any atom is -0.330 e. The fourth-order valence-corrected chi connectivity index (χ4v) is 2.40. The smallest absolute Gasteiger partial charge is 0.282 e. The highest BCUT2D eigenvalue weighted by Gasteiger charge is 2.20. The van der Waals surface area contributed by atoms with E-state index in [1.54, 1.807) is 0 Å². The van der Waals surface area contributed by atoms with Crippen LogP contribution in [0.4, 0.5) is 10.1 Å². The Labute approximate surface area is 134 Å². The lowest BCUT2D eigenvalue weighted by Crippen LogP contribution is -2.91. The minimum absolute atomic E-state index is 0.00733. The first-order chi connectivity index (χ1) is 10.5. The van der Waals surface area contributed by atoms with Gasteiger partial charge in [0.2, 0.25) is 0 Å². The van der Waals surface area contributed by atoms with Crippen molar-refractivity contribution in [1.29, 1.82) is 0 Å². The van der Waals surface area contributed by atoms with Crippen molar-refractivity contribution < 1.29 is 14.5 Å². The average Bonchev–Trinajstić information content (AvgIpc) is 2.51. The molecule has 2 atom stereocenters. The minimum atomic E-state index is -0.503. The van der Waals surface area contributed by atoms with E-state index >= 15 is 0 Å². The zero-order valence-corrected chi connectivity index (χ0v) is 13.3. The van der Waals surface area contributed by atoms with E-state index in [0.717, 1.165) is 5.56 Å². The summed E-state index contributed by atoms with van der Waals surface area (Å²) >= 11 is 5.71. The van der Waals surface area contributed by atoms with E-state index in [1.165, 1.54) is 18.2 Å². The molecule has 0 fully saturated rings. The van der Waals surface area contributed by atoms with E-state index in [2.05, 4.69) is 5.32 Å². The maximum atomic E-state index is 13.1. The molecule has 2 aromatic carbocycles. The summed E-state index contributed by atoms with van der Waals surface area (Å²) in [6.45, 7) is 3.88. The molecule has 116 valence electrons. The molecule has 0 radical (unpaired) electrons. The number of carbonyl (C=O) groups is 1. The van der Waals surface area contributed by atoms with Crippen LogP contribution in [0.15, 0.2) is 48.5 Å². The number of halogens is 2. The Morgan fingerprint density at radius 1 is 1.18 bits per heavy atom. The summed E-state index contributed by atoms with van der Waals surface area (Å²) in [5.74, 6) is -0.651. The summed E-state index contributed by atoms with van der Waals surface area (Å²) in [7, 11) is 0. The SMILES string of the molecule is C[C@@H]([NH2+][C@H](C)c1ccccc1)C(=O)Nc1ccc(F)c(Cl)c1. The first-order valence-electron chi connectivity index (χ1n) is 7.13. The highest BCUT2D eigenvalue weighted by Crippen LogP contribution is 2.19. The summed E-state index contributed by atoms with van der Waals surface area (Å²) in [6, 6.07) is 14.0. The third kappa shape index (κ3) is 4.29. The van der Waals surface area contributed by atoms with Crippen LogP contribution in [0.1, 0.15) is 25.5 Å². The van der Waals surface area contributed by atoms with Crippen LogP contribution in [-0.2, 0) is 4.79 Å². The lowest BCUT2D eigenvalue weighted by molar-refractivity contribution is -0.709. The molecule has 0 aliphatic carbocycles. The molecule has 0 saturated carbocycles. The Bertz CT molecular complexity index is 648. The second-order valence-electron chi connectivity index (χ2n) is 5.30. The second kappa shape index (κ2) is 7.38. The molecule has 2 aromatic rings. The van der Waals surface area contributed by atoms with Crippen LogP contribution < -0.4 is 10.6 Å². The van der Waals surface area contributed by atoms with Gasteiger partial charge in [-0.3, -0.25) is 4.79 Å². The van der Waals surface area contributed by atoms with E-state index in [4.69, 9.17) is 11.6 Å². The average molecular weight is 322 g/mol. The van der Waals surface area contributed by atoms with E-state index in [0.29, 0.717) is 5.69 Å². The van der Waals surface area contributed by atoms with Crippen LogP contribution >= 0.6 is 11.6 Å². The van der Waals surface area contributed by atoms with Crippen molar-refractivity contribution in [3.05, 3.63) is 64.9 Å². The normalized spacial score (nSPS) is 13.5. The molecular weight excluding hydrogens is 303 g/mol. The number of benzene rings is 2. The number of carbonyl (C=O) groups excluding carboxylic acids is 1. The van der Waals surface area contributed by atoms with Crippen LogP contribution in [0.2, 0.25) is 5.02 Å². The highest BCUT2D eigenvalue weighted by atomic mass is 35.5. The number of nitrogens with two attached hydrogens (primary N) is 1. The van der Waals surface area contributed by atoms with Crippen LogP contribution in [-0.4, -0.2) is 11.9 Å². The Morgan fingerprint density at radius 2 is 1.86 bits per heavy atom. The summed E-state index contributed by atoms with van der Waals surface area (Å²) in [4.78, 5) is 12.2. The number of nitrogens with one attached hydrogen (secondary N) is 1. The molecule has 1 amide bonds. The van der Waals surface area contributed by atoms with Gasteiger partial charge < -0.3 is 10.6 Å². The molecule has 3 nitrogen and oxygen atoms in total. The van der Waals surface area contributed by atoms with Gasteiger partial charge in [0.25, 0.3) is 5.91 Å². The van der Waals surface area contributed by atoms with Crippen LogP contribution in [0, 0.1) is 5.82 Å². The predicted octanol–water partition coefficient (Wildman–Crippen LogP) is 3.13. The van der Waals surface area contributed by atoms with Crippen molar-refractivity contribution >= 4 is 23.2 Å². The van der Waals surface area contributed by atoms with Gasteiger partial charge >= 0.3 is 0 Å². The monoisotopic (exact) mass is 321 g/mol. The molecule has 22 heavy (non-hydrogen) atoms. The fourth-order valence-electron chi connectivity index (χ4n) is 2.22. The number of anilines is 1. The molecule has 3 N–H and O–H groups in total. The van der Waals surface area contributed by atoms with Gasteiger partial charge in [-0.1, -0.05) is 41.9 Å². The quantitative estimate of drug-likeness (QED) is 0.873. The van der Waals surface area contributed by atoms with Gasteiger partial charge in [0, 0.05) is 11.3 Å². The molecular formula is C17H19ClFN2O+. The molecule has 0 aliphatic rings. The Hall–Kier alpha value is -1.91. The van der Waals surface area contributed by atoms with Gasteiger partial charge in [0.1, 0.15) is 11.9 Å². The molecule has 0 heterocycles. The van der Waals surface area contributed by atoms with E-state index in [1.807, 2.05) is 49.5 Å². The predicted molar refractivity (Wildman–Crippen MR) is 86.3 cm³/mol. The first kappa shape index (κ1) is 16.5. The summed E-state index contributed by atoms with van der Waals surface area (Å²) in [5.41, 5.74) is 1.65. The fraction of sp³-hybridized carbons (Fsp3) is 0.235. The molecule has 0 spiro atoms. The van der Waals surface area contributed by atoms with Crippen molar-refractivity contribution in [3.63, 3.8) is 0 Å². The molecule has 2 rings (SSSR count). The number of amides is 1. The zero-order valence-electron chi connectivity index (χ0n) is 12.5. The van der Waals surface area contributed by atoms with E-state index in [9.17, 15) is 9.18 Å². The third-order valence-corrected chi connectivity index (χ3v) is 3.79. The van der Waals surface area contributed by atoms with Gasteiger partial charge in [-0.15, -0.1) is 0 Å². The molecule has 0 aromatic heterocycles. The van der Waals surface area contributed by atoms with Crippen molar-refractivity contribution in [2.45, 2.75) is 25.9 Å². The number of hydrogen-bond donors (Lipinski definition) is 2. The lowest BCUT2D eigenvalue weighted by Gasteiger charge is -2.17. The van der Waals surface area contributed by atoms with Gasteiger partial charge in [-0.25, -0.2) is 4.39 Å². The Kier molecular flexibility index (Phi) is 5.52. The number of rotatable bonds is 5. The Morgan fingerprint density at radius 3 is 2.50 bits per heavy atom. The van der Waals surface area contributed by atoms with Crippen molar-refractivity contribution in [3.8, 4) is 0 Å². The van der Waals surface area contributed by atoms with Gasteiger partial charge in [0.05, 0.1) is 5.02 Å². The molecule has 0 unspecified atom stereocenters. The maximum absolute atomic E-state index is 13.1. The van der Waals surface area contributed by atoms with Crippen LogP contribution in [0.5, 0.6) is 0 Å². The highest BCUT2D eigenvalue weighted by molar-refractivity contribution is 6.31. The molecule has 0 aliphatic heterocycles. The summed E-state index contributed by atoms with van der Waals surface area (Å²) < 4.78 is 13.1. The van der Waals surface area contributed by atoms with Gasteiger partial charge in [0.15, 0.2) is 6.04 Å².